The van der Waals surface area contributed by atoms with Gasteiger partial charge in [-0.05, 0) is 25.7 Å². The molecule has 2 aliphatic carbocycles. The third-order valence-corrected chi connectivity index (χ3v) is 3.33. The fourth-order valence-electron chi connectivity index (χ4n) is 2.57. The monoisotopic (exact) mass is 168 g/mol. The van der Waals surface area contributed by atoms with Crippen LogP contribution >= 0.6 is 0 Å². The molecular weight excluding hydrogens is 152 g/mol. The molecule has 2 rings (SSSR count). The lowest BCUT2D eigenvalue weighted by molar-refractivity contribution is -0.343. The van der Waals surface area contributed by atoms with Crippen LogP contribution in [0.25, 0.3) is 0 Å². The molecule has 0 amide bonds. The van der Waals surface area contributed by atoms with Crippen molar-refractivity contribution in [3.05, 3.63) is 12.2 Å². The molecule has 0 heterocycles. The van der Waals surface area contributed by atoms with Gasteiger partial charge < -0.3 is 0 Å². The molecule has 2 nitrogen and oxygen atoms in total. The lowest BCUT2D eigenvalue weighted by Gasteiger charge is -2.41. The first-order valence-electron chi connectivity index (χ1n) is 4.87. The molecule has 1 fully saturated rings. The van der Waals surface area contributed by atoms with E-state index < -0.39 is 0 Å². The van der Waals surface area contributed by atoms with Gasteiger partial charge in [0.15, 0.2) is 0 Å². The van der Waals surface area contributed by atoms with Crippen LogP contribution in [0.1, 0.15) is 38.5 Å². The average molecular weight is 168 g/mol. The lowest BCUT2D eigenvalue weighted by Crippen LogP contribution is -2.43. The van der Waals surface area contributed by atoms with Crippen molar-refractivity contribution in [2.45, 2.75) is 44.1 Å². The normalized spacial score (nSPS) is 40.9. The third-order valence-electron chi connectivity index (χ3n) is 3.33. The topological polar surface area (TPSA) is 29.5 Å². The summed E-state index contributed by atoms with van der Waals surface area (Å²) >= 11 is 0. The van der Waals surface area contributed by atoms with E-state index in [0.717, 1.165) is 19.3 Å². The van der Waals surface area contributed by atoms with E-state index in [1.807, 2.05) is 0 Å². The fraction of sp³-hybridized carbons (Fsp3) is 0.800. The van der Waals surface area contributed by atoms with E-state index in [9.17, 15) is 0 Å². The van der Waals surface area contributed by atoms with E-state index in [1.165, 1.54) is 19.3 Å². The molecule has 1 N–H and O–H groups in total. The molecule has 0 aromatic carbocycles. The summed E-state index contributed by atoms with van der Waals surface area (Å²) in [5.41, 5.74) is -0.215. The molecule has 2 unspecified atom stereocenters. The van der Waals surface area contributed by atoms with Crippen molar-refractivity contribution in [3.8, 4) is 0 Å². The van der Waals surface area contributed by atoms with Crippen molar-refractivity contribution < 1.29 is 10.1 Å². The molecule has 0 aromatic rings. The van der Waals surface area contributed by atoms with Crippen molar-refractivity contribution in [2.75, 3.05) is 0 Å². The standard InChI is InChI=1S/C10H16O2/c11-12-10-7-3-1-5-9(10)6-2-4-8-10/h1,5,9,11H,2-4,6-8H2. The highest BCUT2D eigenvalue weighted by molar-refractivity contribution is 5.07. The fourth-order valence-corrected chi connectivity index (χ4v) is 2.57. The van der Waals surface area contributed by atoms with Crippen LogP contribution in [0.4, 0.5) is 0 Å². The van der Waals surface area contributed by atoms with Gasteiger partial charge in [-0.15, -0.1) is 0 Å². The van der Waals surface area contributed by atoms with Gasteiger partial charge in [0.05, 0.1) is 0 Å². The van der Waals surface area contributed by atoms with Gasteiger partial charge in [0.1, 0.15) is 5.60 Å². The summed E-state index contributed by atoms with van der Waals surface area (Å²) < 4.78 is 0. The number of hydrogen-bond donors (Lipinski definition) is 1. The molecule has 0 aromatic heterocycles. The molecule has 0 saturated heterocycles. The SMILES string of the molecule is OOC12CCC=CC1CCCC2. The number of hydrogen-bond acceptors (Lipinski definition) is 2. The lowest BCUT2D eigenvalue weighted by atomic mass is 9.70. The van der Waals surface area contributed by atoms with Crippen molar-refractivity contribution in [2.24, 2.45) is 5.92 Å². The Labute approximate surface area is 73.2 Å². The predicted octanol–water partition coefficient (Wildman–Crippen LogP) is 2.76. The maximum atomic E-state index is 8.94. The van der Waals surface area contributed by atoms with E-state index in [-0.39, 0.29) is 5.60 Å². The molecule has 2 atom stereocenters. The summed E-state index contributed by atoms with van der Waals surface area (Å²) in [5.74, 6) is 0.463. The molecule has 68 valence electrons. The van der Waals surface area contributed by atoms with Crippen LogP contribution in [0.2, 0.25) is 0 Å². The second kappa shape index (κ2) is 3.19. The molecule has 2 aliphatic rings. The summed E-state index contributed by atoms with van der Waals surface area (Å²) in [6.45, 7) is 0. The Morgan fingerprint density at radius 1 is 1.33 bits per heavy atom. The van der Waals surface area contributed by atoms with Gasteiger partial charge in [-0.1, -0.05) is 25.0 Å². The molecule has 0 aliphatic heterocycles. The Kier molecular flexibility index (Phi) is 2.20. The van der Waals surface area contributed by atoms with Crippen LogP contribution in [0.3, 0.4) is 0 Å². The first-order valence-corrected chi connectivity index (χ1v) is 4.87. The quantitative estimate of drug-likeness (QED) is 0.370. The van der Waals surface area contributed by atoms with Gasteiger partial charge in [0.25, 0.3) is 0 Å². The first kappa shape index (κ1) is 8.27. The Hall–Kier alpha value is -0.340. The second-order valence-corrected chi connectivity index (χ2v) is 3.98. The van der Waals surface area contributed by atoms with E-state index in [2.05, 4.69) is 12.2 Å². The summed E-state index contributed by atoms with van der Waals surface area (Å²) in [6, 6.07) is 0. The maximum absolute atomic E-state index is 8.94. The Morgan fingerprint density at radius 3 is 3.00 bits per heavy atom. The first-order chi connectivity index (χ1) is 5.87. The second-order valence-electron chi connectivity index (χ2n) is 3.98. The number of allylic oxidation sites excluding steroid dienone is 1. The summed E-state index contributed by atoms with van der Waals surface area (Å²) in [6.07, 6.45) is 11.2. The summed E-state index contributed by atoms with van der Waals surface area (Å²) in [4.78, 5) is 4.73. The van der Waals surface area contributed by atoms with Crippen LogP contribution in [0, 0.1) is 5.92 Å². The molecule has 1 saturated carbocycles. The number of rotatable bonds is 1. The molecule has 12 heavy (non-hydrogen) atoms. The predicted molar refractivity (Wildman–Crippen MR) is 46.8 cm³/mol. The van der Waals surface area contributed by atoms with Crippen molar-refractivity contribution in [1.82, 2.24) is 0 Å². The highest BCUT2D eigenvalue weighted by Crippen LogP contribution is 2.42. The van der Waals surface area contributed by atoms with Crippen LogP contribution in [-0.2, 0) is 4.89 Å². The van der Waals surface area contributed by atoms with E-state index in [4.69, 9.17) is 10.1 Å². The molecular formula is C10H16O2. The minimum Gasteiger partial charge on any atom is -0.251 e. The van der Waals surface area contributed by atoms with Crippen LogP contribution in [-0.4, -0.2) is 10.9 Å². The summed E-state index contributed by atoms with van der Waals surface area (Å²) in [7, 11) is 0. The van der Waals surface area contributed by atoms with Crippen molar-refractivity contribution in [1.29, 1.82) is 0 Å². The largest absolute Gasteiger partial charge is 0.251 e. The third kappa shape index (κ3) is 1.19. The minimum atomic E-state index is -0.215. The zero-order valence-electron chi connectivity index (χ0n) is 7.33. The van der Waals surface area contributed by atoms with Gasteiger partial charge in [-0.25, -0.2) is 4.89 Å². The summed E-state index contributed by atoms with van der Waals surface area (Å²) in [5, 5.41) is 8.94. The Morgan fingerprint density at radius 2 is 2.25 bits per heavy atom. The van der Waals surface area contributed by atoms with Gasteiger partial charge >= 0.3 is 0 Å². The highest BCUT2D eigenvalue weighted by atomic mass is 17.1. The van der Waals surface area contributed by atoms with Gasteiger partial charge in [0, 0.05) is 5.92 Å². The van der Waals surface area contributed by atoms with Crippen LogP contribution in [0.15, 0.2) is 12.2 Å². The van der Waals surface area contributed by atoms with Gasteiger partial charge in [0.2, 0.25) is 0 Å². The molecule has 0 spiro atoms. The average Bonchev–Trinajstić information content (AvgIpc) is 2.18. The van der Waals surface area contributed by atoms with Crippen molar-refractivity contribution in [3.63, 3.8) is 0 Å². The van der Waals surface area contributed by atoms with Gasteiger partial charge in [-0.2, -0.15) is 0 Å². The molecule has 0 bridgehead atoms. The highest BCUT2D eigenvalue weighted by Gasteiger charge is 2.41. The Balaban J connectivity index is 2.18. The smallest absolute Gasteiger partial charge is 0.110 e. The number of fused-ring (bicyclic) bond motifs is 1. The zero-order valence-corrected chi connectivity index (χ0v) is 7.33. The van der Waals surface area contributed by atoms with Crippen molar-refractivity contribution >= 4 is 0 Å². The van der Waals surface area contributed by atoms with Gasteiger partial charge in [-0.3, -0.25) is 5.26 Å². The van der Waals surface area contributed by atoms with E-state index >= 15 is 0 Å². The molecule has 2 heteroatoms. The zero-order chi connectivity index (χ0) is 8.44. The van der Waals surface area contributed by atoms with E-state index in [1.54, 1.807) is 0 Å². The van der Waals surface area contributed by atoms with Crippen LogP contribution in [0.5, 0.6) is 0 Å². The molecule has 0 radical (unpaired) electrons. The maximum Gasteiger partial charge on any atom is 0.110 e. The minimum absolute atomic E-state index is 0.215. The van der Waals surface area contributed by atoms with E-state index in [0.29, 0.717) is 5.92 Å². The van der Waals surface area contributed by atoms with Crippen LogP contribution < -0.4 is 0 Å². The Bertz CT molecular complexity index is 188.